The van der Waals surface area contributed by atoms with E-state index in [1.165, 1.54) is 0 Å². The highest BCUT2D eigenvalue weighted by molar-refractivity contribution is 14.1. The highest BCUT2D eigenvalue weighted by Crippen LogP contribution is 2.26. The number of hydrogen-bond acceptors (Lipinski definition) is 3. The first-order valence-corrected chi connectivity index (χ1v) is 9.30. The molecule has 2 rings (SSSR count). The standard InChI is InChI=1S/C15H16BrIN2OS/c1-15(2,3)13-12(17)14(20)19-11(18-13)8-21-10-6-4-9(16)5-7-10/h4-7H,8H2,1-3H3,(H,18,19,20). The predicted molar refractivity (Wildman–Crippen MR) is 100.0 cm³/mol. The number of rotatable bonds is 3. The summed E-state index contributed by atoms with van der Waals surface area (Å²) in [6.07, 6.45) is 0. The van der Waals surface area contributed by atoms with E-state index in [9.17, 15) is 4.79 Å². The Morgan fingerprint density at radius 2 is 1.90 bits per heavy atom. The second kappa shape index (κ2) is 6.83. The van der Waals surface area contributed by atoms with Crippen LogP contribution in [-0.2, 0) is 11.2 Å². The normalized spacial score (nSPS) is 11.7. The molecule has 0 spiro atoms. The maximum atomic E-state index is 12.0. The summed E-state index contributed by atoms with van der Waals surface area (Å²) in [5.74, 6) is 1.37. The fourth-order valence-electron chi connectivity index (χ4n) is 1.75. The third kappa shape index (κ3) is 4.56. The molecule has 0 aliphatic heterocycles. The van der Waals surface area contributed by atoms with Crippen molar-refractivity contribution in [3.05, 3.63) is 54.2 Å². The molecule has 2 aromatic rings. The topological polar surface area (TPSA) is 45.8 Å². The molecule has 0 saturated heterocycles. The Kier molecular flexibility index (Phi) is 5.54. The number of aromatic nitrogens is 2. The summed E-state index contributed by atoms with van der Waals surface area (Å²) in [7, 11) is 0. The molecule has 0 amide bonds. The van der Waals surface area contributed by atoms with Crippen LogP contribution >= 0.6 is 50.3 Å². The maximum Gasteiger partial charge on any atom is 0.264 e. The summed E-state index contributed by atoms with van der Waals surface area (Å²) in [4.78, 5) is 20.7. The van der Waals surface area contributed by atoms with Crippen molar-refractivity contribution in [2.75, 3.05) is 0 Å². The number of benzene rings is 1. The summed E-state index contributed by atoms with van der Waals surface area (Å²) in [6.45, 7) is 6.22. The Morgan fingerprint density at radius 1 is 1.29 bits per heavy atom. The monoisotopic (exact) mass is 478 g/mol. The fourth-order valence-corrected chi connectivity index (χ4v) is 3.85. The van der Waals surface area contributed by atoms with Gasteiger partial charge in [-0.25, -0.2) is 4.98 Å². The molecule has 0 radical (unpaired) electrons. The van der Waals surface area contributed by atoms with E-state index in [1.54, 1.807) is 11.8 Å². The summed E-state index contributed by atoms with van der Waals surface area (Å²) < 4.78 is 1.74. The third-order valence-corrected chi connectivity index (χ3v) is 5.36. The molecule has 0 atom stereocenters. The number of hydrogen-bond donors (Lipinski definition) is 1. The van der Waals surface area contributed by atoms with Gasteiger partial charge in [0.1, 0.15) is 9.39 Å². The Labute approximate surface area is 150 Å². The van der Waals surface area contributed by atoms with Crippen LogP contribution in [0.5, 0.6) is 0 Å². The molecule has 112 valence electrons. The van der Waals surface area contributed by atoms with Gasteiger partial charge in [0.2, 0.25) is 0 Å². The van der Waals surface area contributed by atoms with Crippen LogP contribution in [0.3, 0.4) is 0 Å². The molecular formula is C15H16BrIN2OS. The minimum atomic E-state index is -0.137. The van der Waals surface area contributed by atoms with E-state index in [0.29, 0.717) is 9.32 Å². The van der Waals surface area contributed by atoms with E-state index in [-0.39, 0.29) is 11.0 Å². The van der Waals surface area contributed by atoms with Crippen molar-refractivity contribution in [2.24, 2.45) is 0 Å². The number of thioether (sulfide) groups is 1. The van der Waals surface area contributed by atoms with Crippen LogP contribution in [-0.4, -0.2) is 9.97 Å². The van der Waals surface area contributed by atoms with Crippen LogP contribution in [0.25, 0.3) is 0 Å². The Hall–Kier alpha value is -0.340. The maximum absolute atomic E-state index is 12.0. The number of nitrogens with one attached hydrogen (secondary N) is 1. The summed E-state index contributed by atoms with van der Waals surface area (Å²) >= 11 is 7.15. The van der Waals surface area contributed by atoms with E-state index in [1.807, 2.05) is 24.3 Å². The molecule has 0 saturated carbocycles. The highest BCUT2D eigenvalue weighted by atomic mass is 127. The van der Waals surface area contributed by atoms with E-state index in [4.69, 9.17) is 0 Å². The van der Waals surface area contributed by atoms with Crippen LogP contribution in [0, 0.1) is 3.57 Å². The first kappa shape index (κ1) is 17.0. The zero-order chi connectivity index (χ0) is 15.6. The zero-order valence-corrected chi connectivity index (χ0v) is 16.6. The van der Waals surface area contributed by atoms with E-state index in [0.717, 1.165) is 20.9 Å². The van der Waals surface area contributed by atoms with Gasteiger partial charge in [0, 0.05) is 14.8 Å². The van der Waals surface area contributed by atoms with Crippen molar-refractivity contribution < 1.29 is 0 Å². The van der Waals surface area contributed by atoms with Crippen molar-refractivity contribution in [1.29, 1.82) is 0 Å². The lowest BCUT2D eigenvalue weighted by Crippen LogP contribution is -2.25. The largest absolute Gasteiger partial charge is 0.309 e. The van der Waals surface area contributed by atoms with Gasteiger partial charge in [-0.15, -0.1) is 11.8 Å². The molecular weight excluding hydrogens is 463 g/mol. The molecule has 0 aliphatic rings. The second-order valence-corrected chi connectivity index (χ2v) is 8.71. The van der Waals surface area contributed by atoms with E-state index < -0.39 is 0 Å². The van der Waals surface area contributed by atoms with Crippen molar-refractivity contribution in [3.63, 3.8) is 0 Å². The van der Waals surface area contributed by atoms with Crippen LogP contribution in [0.4, 0.5) is 0 Å². The average molecular weight is 479 g/mol. The number of aromatic amines is 1. The zero-order valence-electron chi connectivity index (χ0n) is 12.0. The fraction of sp³-hybridized carbons (Fsp3) is 0.333. The molecule has 1 heterocycles. The molecule has 3 nitrogen and oxygen atoms in total. The van der Waals surface area contributed by atoms with Crippen LogP contribution in [0.15, 0.2) is 38.4 Å². The quantitative estimate of drug-likeness (QED) is 0.512. The van der Waals surface area contributed by atoms with Crippen LogP contribution < -0.4 is 5.56 Å². The summed E-state index contributed by atoms with van der Waals surface area (Å²) in [6, 6.07) is 8.11. The van der Waals surface area contributed by atoms with Gasteiger partial charge in [-0.05, 0) is 46.9 Å². The summed E-state index contributed by atoms with van der Waals surface area (Å²) in [5, 5.41) is 0. The second-order valence-electron chi connectivity index (χ2n) is 5.67. The van der Waals surface area contributed by atoms with E-state index >= 15 is 0 Å². The van der Waals surface area contributed by atoms with Gasteiger partial charge in [-0.1, -0.05) is 36.7 Å². The van der Waals surface area contributed by atoms with Gasteiger partial charge in [0.05, 0.1) is 11.4 Å². The van der Waals surface area contributed by atoms with Gasteiger partial charge >= 0.3 is 0 Å². The highest BCUT2D eigenvalue weighted by Gasteiger charge is 2.21. The van der Waals surface area contributed by atoms with Gasteiger partial charge in [0.25, 0.3) is 5.56 Å². The Bertz CT molecular complexity index is 692. The van der Waals surface area contributed by atoms with Gasteiger partial charge in [-0.2, -0.15) is 0 Å². The molecule has 0 fully saturated rings. The van der Waals surface area contributed by atoms with Crippen molar-refractivity contribution in [3.8, 4) is 0 Å². The molecule has 1 aromatic heterocycles. The Balaban J connectivity index is 2.23. The predicted octanol–water partition coefficient (Wildman–Crippen LogP) is 4.73. The van der Waals surface area contributed by atoms with Crippen molar-refractivity contribution >= 4 is 50.3 Å². The van der Waals surface area contributed by atoms with Gasteiger partial charge < -0.3 is 4.98 Å². The van der Waals surface area contributed by atoms with Gasteiger partial charge in [-0.3, -0.25) is 4.79 Å². The molecule has 0 unspecified atom stereocenters. The SMILES string of the molecule is CC(C)(C)c1nc(CSc2ccc(Br)cc2)[nH]c(=O)c1I. The number of nitrogens with zero attached hydrogens (tertiary/aromatic N) is 1. The van der Waals surface area contributed by atoms with E-state index in [2.05, 4.69) is 69.3 Å². The molecule has 0 aliphatic carbocycles. The lowest BCUT2D eigenvalue weighted by molar-refractivity contribution is 0.557. The minimum absolute atomic E-state index is 0.0538. The smallest absolute Gasteiger partial charge is 0.264 e. The third-order valence-electron chi connectivity index (χ3n) is 2.81. The molecule has 1 aromatic carbocycles. The Morgan fingerprint density at radius 3 is 2.48 bits per heavy atom. The van der Waals surface area contributed by atoms with Crippen LogP contribution in [0.2, 0.25) is 0 Å². The first-order valence-electron chi connectivity index (χ1n) is 6.45. The summed E-state index contributed by atoms with van der Waals surface area (Å²) in [5.41, 5.74) is 0.669. The van der Waals surface area contributed by atoms with Crippen molar-refractivity contribution in [2.45, 2.75) is 36.8 Å². The average Bonchev–Trinajstić information content (AvgIpc) is 2.40. The lowest BCUT2D eigenvalue weighted by Gasteiger charge is -2.19. The molecule has 0 bridgehead atoms. The van der Waals surface area contributed by atoms with Crippen molar-refractivity contribution in [1.82, 2.24) is 9.97 Å². The molecule has 21 heavy (non-hydrogen) atoms. The lowest BCUT2D eigenvalue weighted by atomic mass is 9.92. The first-order chi connectivity index (χ1) is 9.77. The number of halogens is 2. The minimum Gasteiger partial charge on any atom is -0.309 e. The van der Waals surface area contributed by atoms with Gasteiger partial charge in [0.15, 0.2) is 0 Å². The molecule has 1 N–H and O–H groups in total. The molecule has 6 heteroatoms. The van der Waals surface area contributed by atoms with Crippen LogP contribution in [0.1, 0.15) is 32.3 Å². The number of H-pyrrole nitrogens is 1.